The Bertz CT molecular complexity index is 446. The van der Waals surface area contributed by atoms with Crippen LogP contribution in [0.15, 0.2) is 4.42 Å². The summed E-state index contributed by atoms with van der Waals surface area (Å²) in [6, 6.07) is 2.34. The van der Waals surface area contributed by atoms with Crippen LogP contribution in [-0.2, 0) is 13.0 Å². The van der Waals surface area contributed by atoms with Gasteiger partial charge in [0.05, 0.1) is 12.6 Å². The molecule has 0 radical (unpaired) electrons. The lowest BCUT2D eigenvalue weighted by Gasteiger charge is -2.42. The summed E-state index contributed by atoms with van der Waals surface area (Å²) in [5.41, 5.74) is 0.0284. The number of hydrogen-bond donors (Lipinski definition) is 0. The molecule has 1 unspecified atom stereocenters. The second-order valence-electron chi connectivity index (χ2n) is 5.54. The van der Waals surface area contributed by atoms with Crippen LogP contribution in [-0.4, -0.2) is 27.7 Å². The van der Waals surface area contributed by atoms with Gasteiger partial charge in [-0.2, -0.15) is 5.26 Å². The van der Waals surface area contributed by atoms with Crippen molar-refractivity contribution in [1.82, 2.24) is 15.1 Å². The average Bonchev–Trinajstić information content (AvgIpc) is 2.76. The van der Waals surface area contributed by atoms with Gasteiger partial charge in [-0.25, -0.2) is 0 Å². The second-order valence-corrected chi connectivity index (χ2v) is 5.54. The monoisotopic (exact) mass is 248 g/mol. The fraction of sp³-hybridized carbons (Fsp3) is 0.769. The van der Waals surface area contributed by atoms with E-state index in [4.69, 9.17) is 4.42 Å². The van der Waals surface area contributed by atoms with E-state index in [-0.39, 0.29) is 11.5 Å². The molecule has 0 N–H and O–H groups in total. The molecule has 1 aliphatic heterocycles. The van der Waals surface area contributed by atoms with E-state index < -0.39 is 0 Å². The van der Waals surface area contributed by atoms with Gasteiger partial charge in [0.25, 0.3) is 0 Å². The van der Waals surface area contributed by atoms with Gasteiger partial charge in [0.2, 0.25) is 11.8 Å². The average molecular weight is 248 g/mol. The number of aryl methyl sites for hydroxylation is 1. The Labute approximate surface area is 108 Å². The highest BCUT2D eigenvalue weighted by Gasteiger charge is 2.38. The zero-order chi connectivity index (χ0) is 13.2. The van der Waals surface area contributed by atoms with Crippen LogP contribution in [0.4, 0.5) is 0 Å². The van der Waals surface area contributed by atoms with Crippen molar-refractivity contribution in [3.63, 3.8) is 0 Å². The molecule has 0 amide bonds. The Morgan fingerprint density at radius 2 is 2.17 bits per heavy atom. The summed E-state index contributed by atoms with van der Waals surface area (Å²) < 4.78 is 5.52. The van der Waals surface area contributed by atoms with Crippen molar-refractivity contribution < 1.29 is 4.42 Å². The first-order chi connectivity index (χ1) is 8.56. The van der Waals surface area contributed by atoms with Crippen LogP contribution in [0.3, 0.4) is 0 Å². The second kappa shape index (κ2) is 5.07. The van der Waals surface area contributed by atoms with E-state index in [1.807, 2.05) is 6.92 Å². The Morgan fingerprint density at radius 1 is 1.44 bits per heavy atom. The molecule has 0 aromatic carbocycles. The quantitative estimate of drug-likeness (QED) is 0.820. The van der Waals surface area contributed by atoms with Crippen molar-refractivity contribution >= 4 is 0 Å². The first-order valence-corrected chi connectivity index (χ1v) is 6.51. The summed E-state index contributed by atoms with van der Waals surface area (Å²) in [5, 5.41) is 17.4. The molecule has 2 heterocycles. The number of aromatic nitrogens is 2. The van der Waals surface area contributed by atoms with Crippen molar-refractivity contribution in [2.75, 3.05) is 6.54 Å². The minimum absolute atomic E-state index is 0.0284. The molecule has 0 spiro atoms. The van der Waals surface area contributed by atoms with E-state index >= 15 is 0 Å². The molecule has 1 aromatic heterocycles. The zero-order valence-electron chi connectivity index (χ0n) is 11.3. The Balaban J connectivity index is 2.10. The van der Waals surface area contributed by atoms with Gasteiger partial charge in [-0.05, 0) is 24.8 Å². The summed E-state index contributed by atoms with van der Waals surface area (Å²) in [5.74, 6) is 1.28. The minimum Gasteiger partial charge on any atom is -0.424 e. The highest BCUT2D eigenvalue weighted by molar-refractivity contribution is 5.04. The van der Waals surface area contributed by atoms with Crippen LogP contribution >= 0.6 is 0 Å². The molecular formula is C13H20N4O. The van der Waals surface area contributed by atoms with Gasteiger partial charge in [-0.1, -0.05) is 20.8 Å². The van der Waals surface area contributed by atoms with Crippen LogP contribution in [0.2, 0.25) is 0 Å². The summed E-state index contributed by atoms with van der Waals surface area (Å²) in [7, 11) is 0. The summed E-state index contributed by atoms with van der Waals surface area (Å²) in [6.45, 7) is 7.79. The Kier molecular flexibility index (Phi) is 3.67. The van der Waals surface area contributed by atoms with Crippen molar-refractivity contribution in [3.05, 3.63) is 11.8 Å². The lowest BCUT2D eigenvalue weighted by atomic mass is 9.77. The van der Waals surface area contributed by atoms with E-state index in [1.165, 1.54) is 0 Å². The highest BCUT2D eigenvalue weighted by Crippen LogP contribution is 2.35. The zero-order valence-corrected chi connectivity index (χ0v) is 11.3. The lowest BCUT2D eigenvalue weighted by Crippen LogP contribution is -2.48. The minimum atomic E-state index is -0.0803. The van der Waals surface area contributed by atoms with E-state index in [9.17, 15) is 5.26 Å². The largest absolute Gasteiger partial charge is 0.424 e. The van der Waals surface area contributed by atoms with E-state index in [0.717, 1.165) is 25.8 Å². The van der Waals surface area contributed by atoms with Crippen molar-refractivity contribution in [1.29, 1.82) is 5.26 Å². The van der Waals surface area contributed by atoms with Gasteiger partial charge < -0.3 is 4.42 Å². The maximum absolute atomic E-state index is 9.37. The molecule has 1 atom stereocenters. The first kappa shape index (κ1) is 13.0. The van der Waals surface area contributed by atoms with Crippen molar-refractivity contribution in [2.24, 2.45) is 5.41 Å². The molecule has 0 aliphatic carbocycles. The molecule has 1 aliphatic rings. The maximum Gasteiger partial charge on any atom is 0.230 e. The molecule has 0 bridgehead atoms. The van der Waals surface area contributed by atoms with Crippen molar-refractivity contribution in [2.45, 2.75) is 52.6 Å². The normalized spacial score (nSPS) is 23.8. The number of hydrogen-bond acceptors (Lipinski definition) is 5. The maximum atomic E-state index is 9.37. The van der Waals surface area contributed by atoms with Crippen LogP contribution in [0.5, 0.6) is 0 Å². The molecule has 1 aromatic rings. The summed E-state index contributed by atoms with van der Waals surface area (Å²) >= 11 is 0. The van der Waals surface area contributed by atoms with Crippen LogP contribution in [0, 0.1) is 16.7 Å². The lowest BCUT2D eigenvalue weighted by molar-refractivity contribution is 0.0592. The predicted octanol–water partition coefficient (Wildman–Crippen LogP) is 2.15. The Morgan fingerprint density at radius 3 is 2.78 bits per heavy atom. The topological polar surface area (TPSA) is 66.0 Å². The standard InChI is InChI=1S/C13H20N4O/c1-4-11-15-16-12(18-11)9-17-7-5-6-13(2,3)10(17)8-14/h10H,4-7,9H2,1-3H3. The molecule has 0 saturated carbocycles. The van der Waals surface area contributed by atoms with Gasteiger partial charge in [-0.3, -0.25) is 4.90 Å². The number of nitrogens with zero attached hydrogens (tertiary/aromatic N) is 4. The SMILES string of the molecule is CCc1nnc(CN2CCCC(C)(C)C2C#N)o1. The smallest absolute Gasteiger partial charge is 0.230 e. The molecular weight excluding hydrogens is 228 g/mol. The number of rotatable bonds is 3. The van der Waals surface area contributed by atoms with E-state index in [1.54, 1.807) is 0 Å². The summed E-state index contributed by atoms with van der Waals surface area (Å²) in [4.78, 5) is 2.15. The molecule has 98 valence electrons. The fourth-order valence-electron chi connectivity index (χ4n) is 2.59. The molecule has 1 saturated heterocycles. The van der Waals surface area contributed by atoms with Gasteiger partial charge in [-0.15, -0.1) is 10.2 Å². The third kappa shape index (κ3) is 2.54. The molecule has 5 heteroatoms. The van der Waals surface area contributed by atoms with Crippen LogP contribution in [0.1, 0.15) is 45.4 Å². The molecule has 5 nitrogen and oxygen atoms in total. The van der Waals surface area contributed by atoms with E-state index in [2.05, 4.69) is 35.0 Å². The molecule has 1 fully saturated rings. The van der Waals surface area contributed by atoms with E-state index in [0.29, 0.717) is 18.3 Å². The molecule has 18 heavy (non-hydrogen) atoms. The number of likely N-dealkylation sites (tertiary alicyclic amines) is 1. The Hall–Kier alpha value is -1.41. The van der Waals surface area contributed by atoms with Gasteiger partial charge in [0.1, 0.15) is 6.04 Å². The van der Waals surface area contributed by atoms with Gasteiger partial charge >= 0.3 is 0 Å². The third-order valence-electron chi connectivity index (χ3n) is 3.64. The predicted molar refractivity (Wildman–Crippen MR) is 66.5 cm³/mol. The van der Waals surface area contributed by atoms with Crippen molar-refractivity contribution in [3.8, 4) is 6.07 Å². The van der Waals surface area contributed by atoms with Gasteiger partial charge in [0, 0.05) is 6.42 Å². The van der Waals surface area contributed by atoms with Crippen LogP contribution < -0.4 is 0 Å². The number of nitriles is 1. The molecule has 2 rings (SSSR count). The summed E-state index contributed by atoms with van der Waals surface area (Å²) in [6.07, 6.45) is 2.95. The fourth-order valence-corrected chi connectivity index (χ4v) is 2.59. The third-order valence-corrected chi connectivity index (χ3v) is 3.64. The van der Waals surface area contributed by atoms with Crippen LogP contribution in [0.25, 0.3) is 0 Å². The number of piperidine rings is 1. The van der Waals surface area contributed by atoms with Gasteiger partial charge in [0.15, 0.2) is 0 Å². The first-order valence-electron chi connectivity index (χ1n) is 6.51. The highest BCUT2D eigenvalue weighted by atomic mass is 16.4.